The normalized spacial score (nSPS) is 10.1. The molecule has 1 rings (SSSR count). The van der Waals surface area contributed by atoms with Crippen molar-refractivity contribution in [2.24, 2.45) is 0 Å². The molecule has 0 aromatic heterocycles. The Kier molecular flexibility index (Phi) is 5.96. The van der Waals surface area contributed by atoms with E-state index in [1.807, 2.05) is 31.3 Å². The van der Waals surface area contributed by atoms with Crippen molar-refractivity contribution in [1.82, 2.24) is 5.32 Å². The van der Waals surface area contributed by atoms with Crippen LogP contribution in [0.4, 0.5) is 5.69 Å². The van der Waals surface area contributed by atoms with Crippen molar-refractivity contribution in [3.63, 3.8) is 0 Å². The van der Waals surface area contributed by atoms with Gasteiger partial charge in [0.2, 0.25) is 5.91 Å². The minimum Gasteiger partial charge on any atom is -0.326 e. The van der Waals surface area contributed by atoms with Gasteiger partial charge in [-0.25, -0.2) is 0 Å². The summed E-state index contributed by atoms with van der Waals surface area (Å²) in [6.07, 6.45) is 2.58. The van der Waals surface area contributed by atoms with Crippen LogP contribution in [-0.4, -0.2) is 25.8 Å². The first-order chi connectivity index (χ1) is 7.76. The van der Waals surface area contributed by atoms with Crippen molar-refractivity contribution >= 4 is 23.4 Å². The standard InChI is InChI=1S/C12H18N2OS/c1-13-8-7-12(15)14-11-5-3-10(4-6-11)9-16-2/h3-6,13H,7-9H2,1-2H3,(H,14,15). The zero-order chi connectivity index (χ0) is 11.8. The Morgan fingerprint density at radius 1 is 1.31 bits per heavy atom. The molecule has 0 atom stereocenters. The van der Waals surface area contributed by atoms with Crippen LogP contribution in [0.2, 0.25) is 0 Å². The van der Waals surface area contributed by atoms with Gasteiger partial charge in [0.15, 0.2) is 0 Å². The number of carbonyl (C=O) groups excluding carboxylic acids is 1. The lowest BCUT2D eigenvalue weighted by Gasteiger charge is -2.05. The highest BCUT2D eigenvalue weighted by atomic mass is 32.2. The Balaban J connectivity index is 2.45. The second-order valence-electron chi connectivity index (χ2n) is 3.53. The van der Waals surface area contributed by atoms with Gasteiger partial charge < -0.3 is 10.6 Å². The van der Waals surface area contributed by atoms with Gasteiger partial charge in [0.25, 0.3) is 0 Å². The molecule has 0 unspecified atom stereocenters. The van der Waals surface area contributed by atoms with E-state index in [0.29, 0.717) is 13.0 Å². The quantitative estimate of drug-likeness (QED) is 0.797. The average Bonchev–Trinajstić information content (AvgIpc) is 2.29. The maximum absolute atomic E-state index is 11.4. The molecule has 1 aromatic carbocycles. The molecule has 88 valence electrons. The second-order valence-corrected chi connectivity index (χ2v) is 4.40. The van der Waals surface area contributed by atoms with Gasteiger partial charge in [-0.2, -0.15) is 11.8 Å². The van der Waals surface area contributed by atoms with E-state index in [9.17, 15) is 4.79 Å². The fourth-order valence-electron chi connectivity index (χ4n) is 1.31. The maximum atomic E-state index is 11.4. The predicted octanol–water partition coefficient (Wildman–Crippen LogP) is 2.10. The molecule has 3 nitrogen and oxygen atoms in total. The minimum absolute atomic E-state index is 0.0481. The molecule has 16 heavy (non-hydrogen) atoms. The van der Waals surface area contributed by atoms with Crippen LogP contribution in [0.15, 0.2) is 24.3 Å². The van der Waals surface area contributed by atoms with Gasteiger partial charge in [-0.15, -0.1) is 0 Å². The third-order valence-electron chi connectivity index (χ3n) is 2.15. The third kappa shape index (κ3) is 4.68. The summed E-state index contributed by atoms with van der Waals surface area (Å²) in [7, 11) is 1.84. The van der Waals surface area contributed by atoms with Crippen molar-refractivity contribution in [3.8, 4) is 0 Å². The Labute approximate surface area is 101 Å². The van der Waals surface area contributed by atoms with Gasteiger partial charge in [-0.1, -0.05) is 12.1 Å². The third-order valence-corrected chi connectivity index (χ3v) is 2.77. The molecule has 0 fully saturated rings. The van der Waals surface area contributed by atoms with Gasteiger partial charge in [-0.05, 0) is 31.0 Å². The predicted molar refractivity (Wildman–Crippen MR) is 70.8 cm³/mol. The summed E-state index contributed by atoms with van der Waals surface area (Å²) in [6.45, 7) is 0.705. The number of hydrogen-bond donors (Lipinski definition) is 2. The van der Waals surface area contributed by atoms with Gasteiger partial charge in [-0.3, -0.25) is 4.79 Å². The maximum Gasteiger partial charge on any atom is 0.225 e. The van der Waals surface area contributed by atoms with Crippen molar-refractivity contribution in [3.05, 3.63) is 29.8 Å². The van der Waals surface area contributed by atoms with Crippen LogP contribution in [0.25, 0.3) is 0 Å². The van der Waals surface area contributed by atoms with Crippen LogP contribution in [0, 0.1) is 0 Å². The van der Waals surface area contributed by atoms with Crippen molar-refractivity contribution in [2.45, 2.75) is 12.2 Å². The lowest BCUT2D eigenvalue weighted by molar-refractivity contribution is -0.116. The molecule has 2 N–H and O–H groups in total. The van der Waals surface area contributed by atoms with E-state index in [2.05, 4.69) is 16.9 Å². The van der Waals surface area contributed by atoms with Crippen molar-refractivity contribution < 1.29 is 4.79 Å². The molecule has 1 aromatic rings. The molecule has 0 bridgehead atoms. The number of rotatable bonds is 6. The number of anilines is 1. The van der Waals surface area contributed by atoms with E-state index < -0.39 is 0 Å². The molecular weight excluding hydrogens is 220 g/mol. The highest BCUT2D eigenvalue weighted by Crippen LogP contribution is 2.13. The number of thioether (sulfide) groups is 1. The van der Waals surface area contributed by atoms with Crippen LogP contribution in [-0.2, 0) is 10.5 Å². The number of carbonyl (C=O) groups is 1. The molecule has 0 saturated carbocycles. The molecule has 0 aliphatic carbocycles. The Hall–Kier alpha value is -1.00. The summed E-state index contributed by atoms with van der Waals surface area (Å²) in [5, 5.41) is 5.81. The molecular formula is C12H18N2OS. The van der Waals surface area contributed by atoms with E-state index in [1.54, 1.807) is 11.8 Å². The van der Waals surface area contributed by atoms with Crippen LogP contribution >= 0.6 is 11.8 Å². The highest BCUT2D eigenvalue weighted by molar-refractivity contribution is 7.97. The first-order valence-electron chi connectivity index (χ1n) is 5.28. The van der Waals surface area contributed by atoms with Crippen molar-refractivity contribution in [2.75, 3.05) is 25.2 Å². The summed E-state index contributed by atoms with van der Waals surface area (Å²) in [5.74, 6) is 1.06. The van der Waals surface area contributed by atoms with E-state index in [-0.39, 0.29) is 5.91 Å². The highest BCUT2D eigenvalue weighted by Gasteiger charge is 2.01. The molecule has 4 heteroatoms. The van der Waals surface area contributed by atoms with Gasteiger partial charge in [0.05, 0.1) is 0 Å². The largest absolute Gasteiger partial charge is 0.326 e. The van der Waals surface area contributed by atoms with Gasteiger partial charge >= 0.3 is 0 Å². The lowest BCUT2D eigenvalue weighted by atomic mass is 10.2. The molecule has 0 aliphatic rings. The van der Waals surface area contributed by atoms with Crippen LogP contribution in [0.1, 0.15) is 12.0 Å². The summed E-state index contributed by atoms with van der Waals surface area (Å²) in [5.41, 5.74) is 2.15. The van der Waals surface area contributed by atoms with E-state index in [1.165, 1.54) is 5.56 Å². The molecule has 0 spiro atoms. The first kappa shape index (κ1) is 13.1. The number of nitrogens with one attached hydrogen (secondary N) is 2. The smallest absolute Gasteiger partial charge is 0.225 e. The first-order valence-corrected chi connectivity index (χ1v) is 6.68. The Bertz CT molecular complexity index is 324. The zero-order valence-electron chi connectivity index (χ0n) is 9.75. The fraction of sp³-hybridized carbons (Fsp3) is 0.417. The lowest BCUT2D eigenvalue weighted by Crippen LogP contribution is -2.18. The second kappa shape index (κ2) is 7.30. The molecule has 0 saturated heterocycles. The Morgan fingerprint density at radius 2 is 2.00 bits per heavy atom. The topological polar surface area (TPSA) is 41.1 Å². The molecule has 1 amide bonds. The minimum atomic E-state index is 0.0481. The SMILES string of the molecule is CNCCC(=O)Nc1ccc(CSC)cc1. The number of hydrogen-bond acceptors (Lipinski definition) is 3. The number of benzene rings is 1. The van der Waals surface area contributed by atoms with E-state index in [0.717, 1.165) is 11.4 Å². The zero-order valence-corrected chi connectivity index (χ0v) is 10.6. The summed E-state index contributed by atoms with van der Waals surface area (Å²) >= 11 is 1.79. The fourth-order valence-corrected chi connectivity index (χ4v) is 1.84. The van der Waals surface area contributed by atoms with E-state index in [4.69, 9.17) is 0 Å². The van der Waals surface area contributed by atoms with E-state index >= 15 is 0 Å². The monoisotopic (exact) mass is 238 g/mol. The number of amides is 1. The average molecular weight is 238 g/mol. The van der Waals surface area contributed by atoms with Crippen LogP contribution < -0.4 is 10.6 Å². The van der Waals surface area contributed by atoms with Gasteiger partial charge in [0.1, 0.15) is 0 Å². The summed E-state index contributed by atoms with van der Waals surface area (Å²) < 4.78 is 0. The summed E-state index contributed by atoms with van der Waals surface area (Å²) in [4.78, 5) is 11.4. The van der Waals surface area contributed by atoms with Gasteiger partial charge in [0, 0.05) is 24.4 Å². The molecule has 0 aliphatic heterocycles. The summed E-state index contributed by atoms with van der Waals surface area (Å²) in [6, 6.07) is 7.99. The molecule has 0 heterocycles. The van der Waals surface area contributed by atoms with Crippen LogP contribution in [0.5, 0.6) is 0 Å². The molecule has 0 radical (unpaired) electrons. The Morgan fingerprint density at radius 3 is 2.56 bits per heavy atom. The van der Waals surface area contributed by atoms with Crippen molar-refractivity contribution in [1.29, 1.82) is 0 Å². The van der Waals surface area contributed by atoms with Crippen LogP contribution in [0.3, 0.4) is 0 Å².